The number of nitrogens with two attached hydrogens (primary N) is 1. The van der Waals surface area contributed by atoms with Gasteiger partial charge in [-0.2, -0.15) is 0 Å². The SMILES string of the molecule is COCc1ncsc1C(N)=O. The third kappa shape index (κ3) is 1.75. The Bertz CT molecular complexity index is 259. The van der Waals surface area contributed by atoms with Gasteiger partial charge in [0, 0.05) is 7.11 Å². The van der Waals surface area contributed by atoms with Gasteiger partial charge in [0.1, 0.15) is 4.88 Å². The van der Waals surface area contributed by atoms with Gasteiger partial charge in [0.2, 0.25) is 0 Å². The molecule has 11 heavy (non-hydrogen) atoms. The van der Waals surface area contributed by atoms with Gasteiger partial charge >= 0.3 is 0 Å². The maximum atomic E-state index is 10.7. The van der Waals surface area contributed by atoms with Gasteiger partial charge in [-0.05, 0) is 0 Å². The number of methoxy groups -OCH3 is 1. The molecule has 60 valence electrons. The first-order valence-corrected chi connectivity index (χ1v) is 3.84. The molecule has 0 radical (unpaired) electrons. The van der Waals surface area contributed by atoms with E-state index in [-0.39, 0.29) is 0 Å². The normalized spacial score (nSPS) is 9.91. The second-order valence-corrected chi connectivity index (χ2v) is 2.78. The molecule has 0 aliphatic carbocycles. The van der Waals surface area contributed by atoms with E-state index in [4.69, 9.17) is 10.5 Å². The average Bonchev–Trinajstić information content (AvgIpc) is 2.36. The highest BCUT2D eigenvalue weighted by atomic mass is 32.1. The van der Waals surface area contributed by atoms with Crippen molar-refractivity contribution in [3.8, 4) is 0 Å². The summed E-state index contributed by atoms with van der Waals surface area (Å²) in [5.41, 5.74) is 7.26. The van der Waals surface area contributed by atoms with Crippen molar-refractivity contribution in [3.63, 3.8) is 0 Å². The molecule has 0 atom stereocenters. The number of thiazole rings is 1. The molecule has 1 heterocycles. The van der Waals surface area contributed by atoms with Crippen LogP contribution < -0.4 is 5.73 Å². The summed E-state index contributed by atoms with van der Waals surface area (Å²) in [5.74, 6) is -0.445. The van der Waals surface area contributed by atoms with Crippen molar-refractivity contribution in [2.45, 2.75) is 6.61 Å². The third-order valence-corrected chi connectivity index (χ3v) is 2.03. The first-order chi connectivity index (χ1) is 5.25. The predicted molar refractivity (Wildman–Crippen MR) is 41.3 cm³/mol. The zero-order valence-corrected chi connectivity index (χ0v) is 6.85. The minimum Gasteiger partial charge on any atom is -0.378 e. The third-order valence-electron chi connectivity index (χ3n) is 1.15. The number of hydrogen-bond acceptors (Lipinski definition) is 4. The van der Waals surface area contributed by atoms with Gasteiger partial charge in [0.15, 0.2) is 0 Å². The summed E-state index contributed by atoms with van der Waals surface area (Å²) in [4.78, 5) is 15.1. The lowest BCUT2D eigenvalue weighted by Crippen LogP contribution is -2.11. The highest BCUT2D eigenvalue weighted by Gasteiger charge is 2.09. The Morgan fingerprint density at radius 3 is 3.18 bits per heavy atom. The van der Waals surface area contributed by atoms with E-state index in [9.17, 15) is 4.79 Å². The summed E-state index contributed by atoms with van der Waals surface area (Å²) in [5, 5.41) is 0. The Morgan fingerprint density at radius 1 is 1.91 bits per heavy atom. The van der Waals surface area contributed by atoms with Crippen molar-refractivity contribution < 1.29 is 9.53 Å². The predicted octanol–water partition coefficient (Wildman–Crippen LogP) is 0.388. The Kier molecular flexibility index (Phi) is 2.56. The van der Waals surface area contributed by atoms with E-state index in [2.05, 4.69) is 4.98 Å². The Labute approximate surface area is 68.0 Å². The van der Waals surface area contributed by atoms with Crippen LogP contribution in [-0.2, 0) is 11.3 Å². The smallest absolute Gasteiger partial charge is 0.260 e. The molecule has 2 N–H and O–H groups in total. The molecule has 0 aliphatic rings. The van der Waals surface area contributed by atoms with Crippen molar-refractivity contribution >= 4 is 17.2 Å². The summed E-state index contributed by atoms with van der Waals surface area (Å²) in [6.07, 6.45) is 0. The summed E-state index contributed by atoms with van der Waals surface area (Å²) in [6.45, 7) is 0.335. The van der Waals surface area contributed by atoms with E-state index >= 15 is 0 Å². The van der Waals surface area contributed by atoms with Crippen molar-refractivity contribution in [1.82, 2.24) is 4.98 Å². The van der Waals surface area contributed by atoms with Crippen LogP contribution in [-0.4, -0.2) is 18.0 Å². The maximum absolute atomic E-state index is 10.7. The second-order valence-electron chi connectivity index (χ2n) is 1.93. The van der Waals surface area contributed by atoms with Gasteiger partial charge in [-0.15, -0.1) is 11.3 Å². The van der Waals surface area contributed by atoms with Crippen molar-refractivity contribution in [2.75, 3.05) is 7.11 Å². The molecule has 1 amide bonds. The number of carbonyl (C=O) groups excluding carboxylic acids is 1. The standard InChI is InChI=1S/C6H8N2O2S/c1-10-2-4-5(6(7)9)11-3-8-4/h3H,2H2,1H3,(H2,7,9). The largest absolute Gasteiger partial charge is 0.378 e. The van der Waals surface area contributed by atoms with Gasteiger partial charge in [-0.3, -0.25) is 4.79 Å². The maximum Gasteiger partial charge on any atom is 0.260 e. The molecule has 0 bridgehead atoms. The van der Waals surface area contributed by atoms with Crippen LogP contribution in [0.15, 0.2) is 5.51 Å². The number of hydrogen-bond donors (Lipinski definition) is 1. The van der Waals surface area contributed by atoms with Crippen LogP contribution >= 0.6 is 11.3 Å². The van der Waals surface area contributed by atoms with E-state index in [1.54, 1.807) is 12.6 Å². The molecule has 0 aromatic carbocycles. The fourth-order valence-corrected chi connectivity index (χ4v) is 1.36. The monoisotopic (exact) mass is 172 g/mol. The van der Waals surface area contributed by atoms with Gasteiger partial charge in [0.05, 0.1) is 17.8 Å². The van der Waals surface area contributed by atoms with E-state index in [0.29, 0.717) is 17.2 Å². The molecule has 1 aromatic rings. The van der Waals surface area contributed by atoms with Crippen molar-refractivity contribution in [2.24, 2.45) is 5.73 Å². The number of ether oxygens (including phenoxy) is 1. The van der Waals surface area contributed by atoms with E-state index in [1.165, 1.54) is 11.3 Å². The van der Waals surface area contributed by atoms with Crippen LogP contribution in [0.5, 0.6) is 0 Å². The number of amides is 1. The number of carbonyl (C=O) groups is 1. The molecule has 0 aliphatic heterocycles. The summed E-state index contributed by atoms with van der Waals surface area (Å²) in [6, 6.07) is 0. The highest BCUT2D eigenvalue weighted by Crippen LogP contribution is 2.12. The van der Waals surface area contributed by atoms with Gasteiger partial charge in [0.25, 0.3) is 5.91 Å². The molecule has 0 unspecified atom stereocenters. The number of nitrogens with zero attached hydrogens (tertiary/aromatic N) is 1. The average molecular weight is 172 g/mol. The molecule has 1 rings (SSSR count). The fraction of sp³-hybridized carbons (Fsp3) is 0.333. The fourth-order valence-electron chi connectivity index (χ4n) is 0.709. The number of primary amides is 1. The van der Waals surface area contributed by atoms with Gasteiger partial charge in [-0.1, -0.05) is 0 Å². The molecule has 0 saturated heterocycles. The van der Waals surface area contributed by atoms with Crippen LogP contribution in [0.25, 0.3) is 0 Å². The Hall–Kier alpha value is -0.940. The van der Waals surface area contributed by atoms with Crippen LogP contribution in [0, 0.1) is 0 Å². The number of aromatic nitrogens is 1. The molecule has 0 spiro atoms. The lowest BCUT2D eigenvalue weighted by atomic mass is 10.4. The first-order valence-electron chi connectivity index (χ1n) is 2.96. The van der Waals surface area contributed by atoms with E-state index in [1.807, 2.05) is 0 Å². The minimum absolute atomic E-state index is 0.335. The minimum atomic E-state index is -0.445. The zero-order chi connectivity index (χ0) is 8.27. The lowest BCUT2D eigenvalue weighted by molar-refractivity contribution is 0.0999. The Balaban J connectivity index is 2.87. The second kappa shape index (κ2) is 3.45. The van der Waals surface area contributed by atoms with Crippen molar-refractivity contribution in [3.05, 3.63) is 16.1 Å². The quantitative estimate of drug-likeness (QED) is 0.717. The molecule has 1 aromatic heterocycles. The van der Waals surface area contributed by atoms with Crippen LogP contribution in [0.3, 0.4) is 0 Å². The van der Waals surface area contributed by atoms with Crippen LogP contribution in [0.1, 0.15) is 15.4 Å². The summed E-state index contributed by atoms with van der Waals surface area (Å²) < 4.78 is 4.81. The van der Waals surface area contributed by atoms with Crippen LogP contribution in [0.4, 0.5) is 0 Å². The zero-order valence-electron chi connectivity index (χ0n) is 6.03. The van der Waals surface area contributed by atoms with E-state index < -0.39 is 5.91 Å². The van der Waals surface area contributed by atoms with Crippen LogP contribution in [0.2, 0.25) is 0 Å². The molecule has 5 heteroatoms. The summed E-state index contributed by atoms with van der Waals surface area (Å²) >= 11 is 1.23. The van der Waals surface area contributed by atoms with Crippen molar-refractivity contribution in [1.29, 1.82) is 0 Å². The topological polar surface area (TPSA) is 65.2 Å². The summed E-state index contributed by atoms with van der Waals surface area (Å²) in [7, 11) is 1.55. The highest BCUT2D eigenvalue weighted by molar-refractivity contribution is 7.11. The van der Waals surface area contributed by atoms with Gasteiger partial charge in [-0.25, -0.2) is 4.98 Å². The molecular weight excluding hydrogens is 164 g/mol. The van der Waals surface area contributed by atoms with Gasteiger partial charge < -0.3 is 10.5 Å². The molecule has 0 saturated carbocycles. The molecular formula is C6H8N2O2S. The Morgan fingerprint density at radius 2 is 2.64 bits per heavy atom. The lowest BCUT2D eigenvalue weighted by Gasteiger charge is -1.95. The molecule has 0 fully saturated rings. The molecule has 4 nitrogen and oxygen atoms in total. The first kappa shape index (κ1) is 8.16. The number of rotatable bonds is 3. The van der Waals surface area contributed by atoms with E-state index in [0.717, 1.165) is 0 Å².